The second-order valence-corrected chi connectivity index (χ2v) is 6.28. The fourth-order valence-electron chi connectivity index (χ4n) is 2.56. The molecule has 4 heteroatoms. The van der Waals surface area contributed by atoms with E-state index in [9.17, 15) is 0 Å². The Hall–Kier alpha value is -0.900. The highest BCUT2D eigenvalue weighted by atomic mass is 35.5. The molecule has 1 aromatic heterocycles. The molecular weight excluding hydrogens is 264 g/mol. The van der Waals surface area contributed by atoms with E-state index in [4.69, 9.17) is 17.3 Å². The van der Waals surface area contributed by atoms with Crippen LogP contribution in [0.1, 0.15) is 33.5 Å². The Morgan fingerprint density at radius 3 is 3.11 bits per heavy atom. The summed E-state index contributed by atoms with van der Waals surface area (Å²) in [7, 11) is 0. The molecule has 94 valence electrons. The maximum atomic E-state index is 6.06. The van der Waals surface area contributed by atoms with Crippen molar-refractivity contribution in [1.29, 1.82) is 0 Å². The number of benzene rings is 1. The van der Waals surface area contributed by atoms with Crippen molar-refractivity contribution in [3.8, 4) is 0 Å². The highest BCUT2D eigenvalue weighted by Gasteiger charge is 2.23. The number of thiazole rings is 1. The van der Waals surface area contributed by atoms with E-state index in [2.05, 4.69) is 17.1 Å². The molecule has 1 atom stereocenters. The van der Waals surface area contributed by atoms with Gasteiger partial charge in [-0.15, -0.1) is 11.3 Å². The summed E-state index contributed by atoms with van der Waals surface area (Å²) < 4.78 is 0. The minimum absolute atomic E-state index is 0.555. The topological polar surface area (TPSA) is 38.9 Å². The Balaban J connectivity index is 1.86. The van der Waals surface area contributed by atoms with Crippen molar-refractivity contribution in [2.24, 2.45) is 5.73 Å². The van der Waals surface area contributed by atoms with Crippen molar-refractivity contribution in [3.63, 3.8) is 0 Å². The first-order chi connectivity index (χ1) is 8.76. The first kappa shape index (κ1) is 12.2. The van der Waals surface area contributed by atoms with Gasteiger partial charge in [-0.1, -0.05) is 23.7 Å². The van der Waals surface area contributed by atoms with Crippen LogP contribution in [0.2, 0.25) is 5.02 Å². The summed E-state index contributed by atoms with van der Waals surface area (Å²) in [6, 6.07) is 8.22. The van der Waals surface area contributed by atoms with Gasteiger partial charge in [-0.2, -0.15) is 0 Å². The quantitative estimate of drug-likeness (QED) is 0.913. The minimum Gasteiger partial charge on any atom is -0.325 e. The zero-order valence-electron chi connectivity index (χ0n) is 10.0. The summed E-state index contributed by atoms with van der Waals surface area (Å²) in [5, 5.41) is 1.89. The lowest BCUT2D eigenvalue weighted by molar-refractivity contribution is 0.584. The van der Waals surface area contributed by atoms with E-state index in [0.717, 1.165) is 29.3 Å². The molecule has 0 aliphatic heterocycles. The molecule has 1 unspecified atom stereocenters. The standard InChI is InChI=1S/C14H15ClN2S/c15-11-3-1-2-9(6-11)10-4-5-12-13(7-10)18-14(8-16)17-12/h1-3,6,10H,4-5,7-8,16H2. The fraction of sp³-hybridized carbons (Fsp3) is 0.357. The van der Waals surface area contributed by atoms with Gasteiger partial charge in [0.05, 0.1) is 5.69 Å². The predicted octanol–water partition coefficient (Wildman–Crippen LogP) is 3.53. The van der Waals surface area contributed by atoms with Gasteiger partial charge in [-0.05, 0) is 42.9 Å². The number of aryl methyl sites for hydroxylation is 1. The molecule has 18 heavy (non-hydrogen) atoms. The Morgan fingerprint density at radius 1 is 1.44 bits per heavy atom. The van der Waals surface area contributed by atoms with Crippen LogP contribution in [-0.2, 0) is 19.4 Å². The highest BCUT2D eigenvalue weighted by Crippen LogP contribution is 2.35. The van der Waals surface area contributed by atoms with Crippen molar-refractivity contribution >= 4 is 22.9 Å². The zero-order valence-corrected chi connectivity index (χ0v) is 11.6. The number of aromatic nitrogens is 1. The highest BCUT2D eigenvalue weighted by molar-refractivity contribution is 7.11. The molecule has 0 radical (unpaired) electrons. The Bertz CT molecular complexity index is 565. The van der Waals surface area contributed by atoms with E-state index in [1.165, 1.54) is 16.1 Å². The number of halogens is 1. The molecule has 0 bridgehead atoms. The predicted molar refractivity (Wildman–Crippen MR) is 76.2 cm³/mol. The summed E-state index contributed by atoms with van der Waals surface area (Å²) in [4.78, 5) is 5.99. The van der Waals surface area contributed by atoms with E-state index in [-0.39, 0.29) is 0 Å². The van der Waals surface area contributed by atoms with Crippen molar-refractivity contribution in [1.82, 2.24) is 4.98 Å². The molecule has 2 N–H and O–H groups in total. The average molecular weight is 279 g/mol. The first-order valence-electron chi connectivity index (χ1n) is 6.19. The van der Waals surface area contributed by atoms with Gasteiger partial charge in [0.2, 0.25) is 0 Å². The SMILES string of the molecule is NCc1nc2c(s1)CC(c1cccc(Cl)c1)CC2. The summed E-state index contributed by atoms with van der Waals surface area (Å²) >= 11 is 7.83. The van der Waals surface area contributed by atoms with Gasteiger partial charge < -0.3 is 5.73 Å². The largest absolute Gasteiger partial charge is 0.325 e. The van der Waals surface area contributed by atoms with Crippen LogP contribution in [0.3, 0.4) is 0 Å². The van der Waals surface area contributed by atoms with Gasteiger partial charge in [0.25, 0.3) is 0 Å². The van der Waals surface area contributed by atoms with Crippen LogP contribution < -0.4 is 5.73 Å². The molecule has 1 aliphatic carbocycles. The third kappa shape index (κ3) is 2.30. The van der Waals surface area contributed by atoms with Gasteiger partial charge in [0.1, 0.15) is 5.01 Å². The lowest BCUT2D eigenvalue weighted by atomic mass is 9.85. The molecular formula is C14H15ClN2S. The van der Waals surface area contributed by atoms with Crippen molar-refractivity contribution < 1.29 is 0 Å². The second-order valence-electron chi connectivity index (χ2n) is 4.68. The summed E-state index contributed by atoms with van der Waals surface area (Å²) in [6.07, 6.45) is 3.29. The number of hydrogen-bond donors (Lipinski definition) is 1. The smallest absolute Gasteiger partial charge is 0.107 e. The molecule has 0 amide bonds. The van der Waals surface area contributed by atoms with Crippen molar-refractivity contribution in [2.45, 2.75) is 31.7 Å². The zero-order chi connectivity index (χ0) is 12.5. The van der Waals surface area contributed by atoms with E-state index >= 15 is 0 Å². The molecule has 0 saturated carbocycles. The van der Waals surface area contributed by atoms with Crippen molar-refractivity contribution in [2.75, 3.05) is 0 Å². The van der Waals surface area contributed by atoms with Crippen LogP contribution in [0.25, 0.3) is 0 Å². The van der Waals surface area contributed by atoms with Gasteiger partial charge in [-0.3, -0.25) is 0 Å². The lowest BCUT2D eigenvalue weighted by Gasteiger charge is -2.21. The Kier molecular flexibility index (Phi) is 3.37. The second kappa shape index (κ2) is 5.00. The van der Waals surface area contributed by atoms with Gasteiger partial charge in [-0.25, -0.2) is 4.98 Å². The molecule has 1 aromatic carbocycles. The van der Waals surface area contributed by atoms with Gasteiger partial charge >= 0.3 is 0 Å². The van der Waals surface area contributed by atoms with E-state index < -0.39 is 0 Å². The fourth-order valence-corrected chi connectivity index (χ4v) is 3.83. The monoisotopic (exact) mass is 278 g/mol. The van der Waals surface area contributed by atoms with Crippen molar-refractivity contribution in [3.05, 3.63) is 50.4 Å². The minimum atomic E-state index is 0.555. The Morgan fingerprint density at radius 2 is 2.33 bits per heavy atom. The van der Waals surface area contributed by atoms with Crippen LogP contribution in [0.4, 0.5) is 0 Å². The van der Waals surface area contributed by atoms with Crippen LogP contribution in [0.15, 0.2) is 24.3 Å². The lowest BCUT2D eigenvalue weighted by Crippen LogP contribution is -2.11. The summed E-state index contributed by atoms with van der Waals surface area (Å²) in [6.45, 7) is 0.555. The van der Waals surface area contributed by atoms with Crippen LogP contribution >= 0.6 is 22.9 Å². The molecule has 0 saturated heterocycles. The first-order valence-corrected chi connectivity index (χ1v) is 7.38. The van der Waals surface area contributed by atoms with Crippen LogP contribution in [-0.4, -0.2) is 4.98 Å². The number of hydrogen-bond acceptors (Lipinski definition) is 3. The molecule has 1 aliphatic rings. The van der Waals surface area contributed by atoms with Gasteiger partial charge in [0.15, 0.2) is 0 Å². The maximum absolute atomic E-state index is 6.06. The summed E-state index contributed by atoms with van der Waals surface area (Å²) in [5.74, 6) is 0.572. The van der Waals surface area contributed by atoms with Crippen LogP contribution in [0.5, 0.6) is 0 Å². The molecule has 0 fully saturated rings. The number of nitrogens with two attached hydrogens (primary N) is 1. The molecule has 2 nitrogen and oxygen atoms in total. The van der Waals surface area contributed by atoms with E-state index in [0.29, 0.717) is 12.5 Å². The number of nitrogens with zero attached hydrogens (tertiary/aromatic N) is 1. The molecule has 3 rings (SSSR count). The summed E-state index contributed by atoms with van der Waals surface area (Å²) in [5.41, 5.74) is 8.26. The maximum Gasteiger partial charge on any atom is 0.107 e. The van der Waals surface area contributed by atoms with Gasteiger partial charge in [0, 0.05) is 16.4 Å². The number of fused-ring (bicyclic) bond motifs is 1. The molecule has 2 aromatic rings. The number of rotatable bonds is 2. The normalized spacial score (nSPS) is 18.7. The average Bonchev–Trinajstić information content (AvgIpc) is 2.80. The third-order valence-corrected chi connectivity index (χ3v) is 4.86. The third-order valence-electron chi connectivity index (χ3n) is 3.48. The Labute approximate surface area is 116 Å². The van der Waals surface area contributed by atoms with E-state index in [1.54, 1.807) is 11.3 Å². The molecule has 1 heterocycles. The van der Waals surface area contributed by atoms with Crippen LogP contribution in [0, 0.1) is 0 Å². The molecule has 0 spiro atoms. The van der Waals surface area contributed by atoms with E-state index in [1.807, 2.05) is 12.1 Å².